The average Bonchev–Trinajstić information content (AvgIpc) is 2.68. The van der Waals surface area contributed by atoms with Crippen molar-refractivity contribution in [2.45, 2.75) is 26.4 Å². The smallest absolute Gasteiger partial charge is 0.339 e. The second kappa shape index (κ2) is 9.83. The van der Waals surface area contributed by atoms with E-state index in [1.807, 2.05) is 6.92 Å². The van der Waals surface area contributed by atoms with E-state index in [4.69, 9.17) is 25.8 Å². The van der Waals surface area contributed by atoms with Crippen molar-refractivity contribution in [1.82, 2.24) is 0 Å². The largest absolute Gasteiger partial charge is 0.497 e. The van der Waals surface area contributed by atoms with Crippen molar-refractivity contribution in [3.05, 3.63) is 53.1 Å². The number of hydrogen-bond acceptors (Lipinski definition) is 5. The molecule has 2 aromatic carbocycles. The Morgan fingerprint density at radius 1 is 1.07 bits per heavy atom. The number of halogens is 1. The molecule has 0 bridgehead atoms. The normalized spacial score (nSPS) is 11.4. The molecule has 0 aliphatic carbocycles. The van der Waals surface area contributed by atoms with Crippen molar-refractivity contribution in [1.29, 1.82) is 0 Å². The quantitative estimate of drug-likeness (QED) is 0.678. The third kappa shape index (κ3) is 5.62. The zero-order chi connectivity index (χ0) is 19.8. The van der Waals surface area contributed by atoms with E-state index in [2.05, 4.69) is 5.32 Å². The van der Waals surface area contributed by atoms with Gasteiger partial charge in [-0.25, -0.2) is 4.79 Å². The average molecular weight is 392 g/mol. The summed E-state index contributed by atoms with van der Waals surface area (Å²) in [4.78, 5) is 24.5. The van der Waals surface area contributed by atoms with Gasteiger partial charge in [-0.05, 0) is 55.8 Å². The van der Waals surface area contributed by atoms with Gasteiger partial charge < -0.3 is 19.5 Å². The highest BCUT2D eigenvalue weighted by atomic mass is 35.5. The molecule has 0 radical (unpaired) electrons. The van der Waals surface area contributed by atoms with Gasteiger partial charge in [0.05, 0.1) is 24.3 Å². The van der Waals surface area contributed by atoms with Crippen molar-refractivity contribution in [3.8, 4) is 11.5 Å². The fourth-order valence-corrected chi connectivity index (χ4v) is 2.53. The van der Waals surface area contributed by atoms with Gasteiger partial charge in [0.2, 0.25) is 0 Å². The van der Waals surface area contributed by atoms with Crippen LogP contribution in [0, 0.1) is 0 Å². The number of carbonyl (C=O) groups excluding carboxylic acids is 2. The van der Waals surface area contributed by atoms with Crippen LogP contribution in [0.2, 0.25) is 5.02 Å². The third-order valence-corrected chi connectivity index (χ3v) is 4.06. The van der Waals surface area contributed by atoms with Crippen LogP contribution in [-0.4, -0.2) is 31.7 Å². The summed E-state index contributed by atoms with van der Waals surface area (Å²) >= 11 is 6.04. The molecule has 6 nitrogen and oxygen atoms in total. The minimum Gasteiger partial charge on any atom is -0.497 e. The lowest BCUT2D eigenvalue weighted by atomic mass is 10.2. The fourth-order valence-electron chi connectivity index (χ4n) is 2.33. The van der Waals surface area contributed by atoms with Crippen LogP contribution in [-0.2, 0) is 9.53 Å². The van der Waals surface area contributed by atoms with Crippen LogP contribution < -0.4 is 14.8 Å². The summed E-state index contributed by atoms with van der Waals surface area (Å²) in [7, 11) is 1.58. The van der Waals surface area contributed by atoms with Crippen LogP contribution >= 0.6 is 11.6 Å². The van der Waals surface area contributed by atoms with Crippen LogP contribution in [0.25, 0.3) is 0 Å². The van der Waals surface area contributed by atoms with E-state index >= 15 is 0 Å². The molecule has 0 spiro atoms. The standard InChI is InChI=1S/C20H22ClNO5/c1-4-18(27-15-9-7-14(25-3)8-10-15)19(23)22-13-6-11-17(21)16(12-13)20(24)26-5-2/h6-12,18H,4-5H2,1-3H3,(H,22,23)/t18-/m1/s1. The van der Waals surface area contributed by atoms with E-state index in [1.165, 1.54) is 12.1 Å². The number of esters is 1. The zero-order valence-electron chi connectivity index (χ0n) is 15.5. The van der Waals surface area contributed by atoms with Gasteiger partial charge in [0.15, 0.2) is 6.10 Å². The van der Waals surface area contributed by atoms with E-state index in [-0.39, 0.29) is 23.1 Å². The minimum absolute atomic E-state index is 0.195. The molecule has 2 aromatic rings. The van der Waals surface area contributed by atoms with Crippen LogP contribution in [0.15, 0.2) is 42.5 Å². The first-order valence-corrected chi connectivity index (χ1v) is 8.94. The molecule has 2 rings (SSSR count). The summed E-state index contributed by atoms with van der Waals surface area (Å²) in [6.45, 7) is 3.79. The Kier molecular flexibility index (Phi) is 7.49. The Labute approximate surface area is 163 Å². The summed E-state index contributed by atoms with van der Waals surface area (Å²) in [6, 6.07) is 11.6. The number of benzene rings is 2. The molecule has 0 saturated carbocycles. The SMILES string of the molecule is CCOC(=O)c1cc(NC(=O)[C@@H](CC)Oc2ccc(OC)cc2)ccc1Cl. The highest BCUT2D eigenvalue weighted by Crippen LogP contribution is 2.23. The molecule has 144 valence electrons. The van der Waals surface area contributed by atoms with Gasteiger partial charge in [-0.1, -0.05) is 18.5 Å². The zero-order valence-corrected chi connectivity index (χ0v) is 16.2. The van der Waals surface area contributed by atoms with Crippen molar-refractivity contribution >= 4 is 29.2 Å². The number of amides is 1. The summed E-state index contributed by atoms with van der Waals surface area (Å²) in [5.41, 5.74) is 0.629. The first-order chi connectivity index (χ1) is 13.0. The summed E-state index contributed by atoms with van der Waals surface area (Å²) in [5.74, 6) is 0.388. The predicted molar refractivity (Wildman–Crippen MR) is 104 cm³/mol. The maximum Gasteiger partial charge on any atom is 0.339 e. The Morgan fingerprint density at radius 3 is 2.33 bits per heavy atom. The highest BCUT2D eigenvalue weighted by Gasteiger charge is 2.20. The summed E-state index contributed by atoms with van der Waals surface area (Å²) in [5, 5.41) is 3.00. The fraction of sp³-hybridized carbons (Fsp3) is 0.300. The number of hydrogen-bond donors (Lipinski definition) is 1. The van der Waals surface area contributed by atoms with Crippen molar-refractivity contribution < 1.29 is 23.8 Å². The highest BCUT2D eigenvalue weighted by molar-refractivity contribution is 6.33. The monoisotopic (exact) mass is 391 g/mol. The lowest BCUT2D eigenvalue weighted by Gasteiger charge is -2.18. The van der Waals surface area contributed by atoms with Gasteiger partial charge >= 0.3 is 5.97 Å². The molecule has 7 heteroatoms. The molecular formula is C20H22ClNO5. The Morgan fingerprint density at radius 2 is 1.74 bits per heavy atom. The molecule has 0 aliphatic heterocycles. The Hall–Kier alpha value is -2.73. The molecule has 1 N–H and O–H groups in total. The molecule has 0 aliphatic rings. The van der Waals surface area contributed by atoms with Gasteiger partial charge in [0.25, 0.3) is 5.91 Å². The first kappa shape index (κ1) is 20.6. The number of rotatable bonds is 8. The van der Waals surface area contributed by atoms with Gasteiger partial charge in [-0.2, -0.15) is 0 Å². The Balaban J connectivity index is 2.09. The van der Waals surface area contributed by atoms with E-state index in [9.17, 15) is 9.59 Å². The van der Waals surface area contributed by atoms with E-state index in [1.54, 1.807) is 44.4 Å². The number of methoxy groups -OCH3 is 1. The van der Waals surface area contributed by atoms with Crippen LogP contribution in [0.3, 0.4) is 0 Å². The number of ether oxygens (including phenoxy) is 3. The van der Waals surface area contributed by atoms with Crippen LogP contribution in [0.5, 0.6) is 11.5 Å². The number of carbonyl (C=O) groups is 2. The van der Waals surface area contributed by atoms with Crippen molar-refractivity contribution in [2.24, 2.45) is 0 Å². The summed E-state index contributed by atoms with van der Waals surface area (Å²) < 4.78 is 15.8. The molecule has 0 unspecified atom stereocenters. The molecule has 27 heavy (non-hydrogen) atoms. The second-order valence-corrected chi connectivity index (χ2v) is 6.00. The number of anilines is 1. The van der Waals surface area contributed by atoms with Crippen molar-refractivity contribution in [3.63, 3.8) is 0 Å². The van der Waals surface area contributed by atoms with Crippen LogP contribution in [0.4, 0.5) is 5.69 Å². The first-order valence-electron chi connectivity index (χ1n) is 8.56. The second-order valence-electron chi connectivity index (χ2n) is 5.59. The minimum atomic E-state index is -0.694. The maximum absolute atomic E-state index is 12.6. The lowest BCUT2D eigenvalue weighted by molar-refractivity contribution is -0.122. The molecule has 0 heterocycles. The molecule has 0 saturated heterocycles. The molecule has 1 amide bonds. The maximum atomic E-state index is 12.6. The van der Waals surface area contributed by atoms with Gasteiger partial charge in [-0.15, -0.1) is 0 Å². The molecule has 0 fully saturated rings. The van der Waals surface area contributed by atoms with E-state index < -0.39 is 12.1 Å². The molecule has 0 aromatic heterocycles. The Bertz CT molecular complexity index is 791. The third-order valence-electron chi connectivity index (χ3n) is 3.73. The topological polar surface area (TPSA) is 73.9 Å². The molecule has 1 atom stereocenters. The van der Waals surface area contributed by atoms with Gasteiger partial charge in [-0.3, -0.25) is 4.79 Å². The van der Waals surface area contributed by atoms with E-state index in [0.29, 0.717) is 23.6 Å². The summed E-state index contributed by atoms with van der Waals surface area (Å²) in [6.07, 6.45) is -0.226. The van der Waals surface area contributed by atoms with Crippen LogP contribution in [0.1, 0.15) is 30.6 Å². The lowest BCUT2D eigenvalue weighted by Crippen LogP contribution is -2.32. The number of nitrogens with one attached hydrogen (secondary N) is 1. The molecular weight excluding hydrogens is 370 g/mol. The van der Waals surface area contributed by atoms with Gasteiger partial charge in [0.1, 0.15) is 11.5 Å². The van der Waals surface area contributed by atoms with Gasteiger partial charge in [0, 0.05) is 5.69 Å². The van der Waals surface area contributed by atoms with E-state index in [0.717, 1.165) is 0 Å². The van der Waals surface area contributed by atoms with Crippen molar-refractivity contribution in [2.75, 3.05) is 19.0 Å². The predicted octanol–water partition coefficient (Wildman–Crippen LogP) is 4.32.